The molecule has 1 fully saturated rings. The van der Waals surface area contributed by atoms with Gasteiger partial charge in [-0.2, -0.15) is 0 Å². The summed E-state index contributed by atoms with van der Waals surface area (Å²) in [6.45, 7) is 4.11. The first-order valence-corrected chi connectivity index (χ1v) is 6.04. The van der Waals surface area contributed by atoms with Crippen LogP contribution >= 0.6 is 0 Å². The van der Waals surface area contributed by atoms with Gasteiger partial charge in [0.05, 0.1) is 6.61 Å². The van der Waals surface area contributed by atoms with Crippen molar-refractivity contribution in [2.45, 2.75) is 58.0 Å². The fraction of sp³-hybridized carbons (Fsp3) is 0.917. The minimum atomic E-state index is -1.22. The maximum Gasteiger partial charge on any atom is 0.338 e. The molecule has 15 heavy (non-hydrogen) atoms. The Bertz CT molecular complexity index is 209. The van der Waals surface area contributed by atoms with Crippen molar-refractivity contribution in [3.8, 4) is 0 Å². The smallest absolute Gasteiger partial charge is 0.338 e. The molecule has 0 heterocycles. The molecule has 3 nitrogen and oxygen atoms in total. The molecular formula is C12H22O3. The molecule has 0 aromatic heterocycles. The van der Waals surface area contributed by atoms with Crippen LogP contribution in [0, 0.1) is 5.92 Å². The van der Waals surface area contributed by atoms with Gasteiger partial charge < -0.3 is 9.84 Å². The average molecular weight is 214 g/mol. The van der Waals surface area contributed by atoms with E-state index >= 15 is 0 Å². The molecule has 0 aromatic carbocycles. The molecular weight excluding hydrogens is 192 g/mol. The third-order valence-corrected chi connectivity index (χ3v) is 3.29. The summed E-state index contributed by atoms with van der Waals surface area (Å²) in [7, 11) is 0. The zero-order valence-electron chi connectivity index (χ0n) is 9.79. The van der Waals surface area contributed by atoms with Gasteiger partial charge in [0, 0.05) is 0 Å². The van der Waals surface area contributed by atoms with E-state index in [2.05, 4.69) is 0 Å². The lowest BCUT2D eigenvalue weighted by molar-refractivity contribution is -0.172. The Balaban J connectivity index is 2.71. The topological polar surface area (TPSA) is 46.5 Å². The summed E-state index contributed by atoms with van der Waals surface area (Å²) < 4.78 is 4.98. The van der Waals surface area contributed by atoms with E-state index in [4.69, 9.17) is 4.74 Å². The predicted octanol–water partition coefficient (Wildman–Crippen LogP) is 2.27. The minimum absolute atomic E-state index is 0.108. The molecule has 0 aromatic rings. The molecule has 0 radical (unpaired) electrons. The lowest BCUT2D eigenvalue weighted by Crippen LogP contribution is -2.46. The molecule has 0 bridgehead atoms. The zero-order valence-corrected chi connectivity index (χ0v) is 9.79. The number of aliphatic hydroxyl groups is 1. The van der Waals surface area contributed by atoms with Crippen LogP contribution in [0.1, 0.15) is 52.4 Å². The third-order valence-electron chi connectivity index (χ3n) is 3.29. The lowest BCUT2D eigenvalue weighted by Gasteiger charge is -2.31. The summed E-state index contributed by atoms with van der Waals surface area (Å²) in [4.78, 5) is 11.8. The zero-order chi connectivity index (χ0) is 11.3. The van der Waals surface area contributed by atoms with Crippen LogP contribution in [0.3, 0.4) is 0 Å². The van der Waals surface area contributed by atoms with Gasteiger partial charge in [0.15, 0.2) is 5.60 Å². The summed E-state index contributed by atoms with van der Waals surface area (Å²) in [5.41, 5.74) is -1.22. The Morgan fingerprint density at radius 1 is 1.40 bits per heavy atom. The maximum atomic E-state index is 11.8. The van der Waals surface area contributed by atoms with E-state index in [0.717, 1.165) is 32.1 Å². The first-order valence-electron chi connectivity index (χ1n) is 6.04. The van der Waals surface area contributed by atoms with Crippen molar-refractivity contribution in [2.75, 3.05) is 6.61 Å². The van der Waals surface area contributed by atoms with E-state index < -0.39 is 11.6 Å². The molecule has 0 amide bonds. The second-order valence-corrected chi connectivity index (χ2v) is 4.38. The molecule has 88 valence electrons. The molecule has 1 unspecified atom stereocenters. The van der Waals surface area contributed by atoms with Crippen LogP contribution in [0.2, 0.25) is 0 Å². The summed E-state index contributed by atoms with van der Waals surface area (Å²) in [6.07, 6.45) is 5.49. The van der Waals surface area contributed by atoms with Crippen molar-refractivity contribution in [3.05, 3.63) is 0 Å². The van der Waals surface area contributed by atoms with Gasteiger partial charge in [-0.3, -0.25) is 0 Å². The Hall–Kier alpha value is -0.570. The van der Waals surface area contributed by atoms with Crippen LogP contribution in [-0.4, -0.2) is 23.3 Å². The molecule has 1 saturated carbocycles. The van der Waals surface area contributed by atoms with E-state index in [0.29, 0.717) is 13.0 Å². The second-order valence-electron chi connectivity index (χ2n) is 4.38. The maximum absolute atomic E-state index is 11.8. The highest BCUT2D eigenvalue weighted by atomic mass is 16.5. The van der Waals surface area contributed by atoms with Gasteiger partial charge >= 0.3 is 5.97 Å². The number of hydrogen-bond acceptors (Lipinski definition) is 3. The third kappa shape index (κ3) is 2.71. The molecule has 0 saturated heterocycles. The molecule has 3 heteroatoms. The van der Waals surface area contributed by atoms with Crippen LogP contribution in [0.15, 0.2) is 0 Å². The predicted molar refractivity (Wildman–Crippen MR) is 58.4 cm³/mol. The first-order chi connectivity index (χ1) is 7.15. The quantitative estimate of drug-likeness (QED) is 0.714. The SMILES string of the molecule is CCCC(O)(C(=O)OCC)C1CCCC1. The van der Waals surface area contributed by atoms with Crippen LogP contribution in [-0.2, 0) is 9.53 Å². The lowest BCUT2D eigenvalue weighted by atomic mass is 9.82. The first kappa shape index (κ1) is 12.5. The molecule has 1 atom stereocenters. The molecule has 1 aliphatic carbocycles. The van der Waals surface area contributed by atoms with E-state index in [9.17, 15) is 9.90 Å². The normalized spacial score (nSPS) is 21.3. The molecule has 1 rings (SSSR count). The number of carbonyl (C=O) groups excluding carboxylic acids is 1. The number of ether oxygens (including phenoxy) is 1. The minimum Gasteiger partial charge on any atom is -0.464 e. The average Bonchev–Trinajstić information content (AvgIpc) is 2.71. The van der Waals surface area contributed by atoms with Gasteiger partial charge in [-0.05, 0) is 32.1 Å². The Kier molecular flexibility index (Phi) is 4.58. The van der Waals surface area contributed by atoms with Crippen molar-refractivity contribution in [1.29, 1.82) is 0 Å². The Morgan fingerprint density at radius 3 is 2.47 bits per heavy atom. The van der Waals surface area contributed by atoms with Gasteiger partial charge in [0.25, 0.3) is 0 Å². The number of esters is 1. The highest BCUT2D eigenvalue weighted by molar-refractivity contribution is 5.79. The van der Waals surface area contributed by atoms with E-state index in [1.54, 1.807) is 6.92 Å². The monoisotopic (exact) mass is 214 g/mol. The summed E-state index contributed by atoms with van der Waals surface area (Å²) in [5.74, 6) is -0.310. The van der Waals surface area contributed by atoms with E-state index in [-0.39, 0.29) is 5.92 Å². The van der Waals surface area contributed by atoms with Gasteiger partial charge in [-0.15, -0.1) is 0 Å². The molecule has 1 aliphatic rings. The van der Waals surface area contributed by atoms with Crippen molar-refractivity contribution in [3.63, 3.8) is 0 Å². The van der Waals surface area contributed by atoms with Gasteiger partial charge in [-0.1, -0.05) is 26.2 Å². The Labute approximate surface area is 91.8 Å². The van der Waals surface area contributed by atoms with Crippen LogP contribution < -0.4 is 0 Å². The van der Waals surface area contributed by atoms with Gasteiger partial charge in [0.1, 0.15) is 0 Å². The van der Waals surface area contributed by atoms with Crippen molar-refractivity contribution in [2.24, 2.45) is 5.92 Å². The van der Waals surface area contributed by atoms with Crippen LogP contribution in [0.5, 0.6) is 0 Å². The standard InChI is InChI=1S/C12H22O3/c1-3-9-12(14,11(13)15-4-2)10-7-5-6-8-10/h10,14H,3-9H2,1-2H3. The van der Waals surface area contributed by atoms with Crippen molar-refractivity contribution in [1.82, 2.24) is 0 Å². The molecule has 0 spiro atoms. The number of rotatable bonds is 5. The summed E-state index contributed by atoms with van der Waals surface area (Å²) in [6, 6.07) is 0. The molecule has 1 N–H and O–H groups in total. The molecule has 0 aliphatic heterocycles. The van der Waals surface area contributed by atoms with Gasteiger partial charge in [-0.25, -0.2) is 4.79 Å². The number of carbonyl (C=O) groups is 1. The fourth-order valence-electron chi connectivity index (χ4n) is 2.51. The summed E-state index contributed by atoms with van der Waals surface area (Å²) >= 11 is 0. The number of hydrogen-bond donors (Lipinski definition) is 1. The summed E-state index contributed by atoms with van der Waals surface area (Å²) in [5, 5.41) is 10.4. The fourth-order valence-corrected chi connectivity index (χ4v) is 2.51. The van der Waals surface area contributed by atoms with Crippen LogP contribution in [0.25, 0.3) is 0 Å². The second kappa shape index (κ2) is 5.50. The van der Waals surface area contributed by atoms with Crippen LogP contribution in [0.4, 0.5) is 0 Å². The Morgan fingerprint density at radius 2 is 2.00 bits per heavy atom. The largest absolute Gasteiger partial charge is 0.464 e. The van der Waals surface area contributed by atoms with Gasteiger partial charge in [0.2, 0.25) is 0 Å². The van der Waals surface area contributed by atoms with Crippen molar-refractivity contribution >= 4 is 5.97 Å². The van der Waals surface area contributed by atoms with E-state index in [1.807, 2.05) is 6.92 Å². The van der Waals surface area contributed by atoms with Crippen molar-refractivity contribution < 1.29 is 14.6 Å². The highest BCUT2D eigenvalue weighted by Crippen LogP contribution is 2.37. The highest BCUT2D eigenvalue weighted by Gasteiger charge is 2.45. The van der Waals surface area contributed by atoms with E-state index in [1.165, 1.54) is 0 Å².